The summed E-state index contributed by atoms with van der Waals surface area (Å²) >= 11 is 5.87. The largest absolute Gasteiger partial charge is 0.435 e. The molecule has 0 aliphatic rings. The predicted molar refractivity (Wildman–Crippen MR) is 92.0 cm³/mol. The Bertz CT molecular complexity index is 1150. The Balaban J connectivity index is 2.29. The zero-order valence-corrected chi connectivity index (χ0v) is 15.5. The van der Waals surface area contributed by atoms with Crippen molar-refractivity contribution in [3.05, 3.63) is 64.8 Å². The summed E-state index contributed by atoms with van der Waals surface area (Å²) in [4.78, 5) is -1.18. The summed E-state index contributed by atoms with van der Waals surface area (Å²) in [7, 11) is -4.23. The molecule has 0 aliphatic heterocycles. The third-order valence-electron chi connectivity index (χ3n) is 3.72. The van der Waals surface area contributed by atoms with Crippen LogP contribution in [0, 0.1) is 11.6 Å². The molecule has 0 atom stereocenters. The van der Waals surface area contributed by atoms with Gasteiger partial charge in [-0.3, -0.25) is 0 Å². The lowest BCUT2D eigenvalue weighted by molar-refractivity contribution is -0.141. The number of sulfone groups is 1. The van der Waals surface area contributed by atoms with E-state index in [9.17, 15) is 30.4 Å². The van der Waals surface area contributed by atoms with Gasteiger partial charge in [0.25, 0.3) is 0 Å². The average molecular weight is 437 g/mol. The molecule has 11 heteroatoms. The van der Waals surface area contributed by atoms with Crippen LogP contribution in [0.5, 0.6) is 0 Å². The first-order valence-corrected chi connectivity index (χ1v) is 9.77. The SMILES string of the molecule is CS(=O)(=O)c1c(F)cc(-n2nc(C(F)(F)F)cc2-c2cccc(Cl)c2)cc1F. The Labute approximate surface area is 161 Å². The third kappa shape index (κ3) is 3.88. The second kappa shape index (κ2) is 6.85. The van der Waals surface area contributed by atoms with Crippen molar-refractivity contribution < 1.29 is 30.4 Å². The number of hydrogen-bond donors (Lipinski definition) is 0. The highest BCUT2D eigenvalue weighted by molar-refractivity contribution is 7.90. The van der Waals surface area contributed by atoms with Crippen molar-refractivity contribution in [3.63, 3.8) is 0 Å². The smallest absolute Gasteiger partial charge is 0.232 e. The Morgan fingerprint density at radius 2 is 1.64 bits per heavy atom. The van der Waals surface area contributed by atoms with Gasteiger partial charge in [0.05, 0.1) is 11.4 Å². The normalized spacial score (nSPS) is 12.4. The molecule has 1 aromatic heterocycles. The zero-order chi connectivity index (χ0) is 20.9. The van der Waals surface area contributed by atoms with Crippen LogP contribution in [0.1, 0.15) is 5.69 Å². The van der Waals surface area contributed by atoms with E-state index in [1.165, 1.54) is 24.3 Å². The Morgan fingerprint density at radius 3 is 2.14 bits per heavy atom. The number of nitrogens with zero attached hydrogens (tertiary/aromatic N) is 2. The van der Waals surface area contributed by atoms with Gasteiger partial charge in [0.15, 0.2) is 15.5 Å². The van der Waals surface area contributed by atoms with E-state index < -0.39 is 43.9 Å². The molecule has 0 fully saturated rings. The monoisotopic (exact) mass is 436 g/mol. The van der Waals surface area contributed by atoms with Crippen LogP contribution in [-0.4, -0.2) is 24.5 Å². The molecule has 0 N–H and O–H groups in total. The number of hydrogen-bond acceptors (Lipinski definition) is 3. The minimum atomic E-state index is -4.82. The quantitative estimate of drug-likeness (QED) is 0.549. The van der Waals surface area contributed by atoms with E-state index in [1.807, 2.05) is 0 Å². The zero-order valence-electron chi connectivity index (χ0n) is 13.9. The molecule has 0 radical (unpaired) electrons. The van der Waals surface area contributed by atoms with Gasteiger partial charge in [0.1, 0.15) is 16.5 Å². The first-order chi connectivity index (χ1) is 12.9. The van der Waals surface area contributed by atoms with Gasteiger partial charge in [0, 0.05) is 29.0 Å². The van der Waals surface area contributed by atoms with Gasteiger partial charge in [-0.25, -0.2) is 21.9 Å². The van der Waals surface area contributed by atoms with E-state index in [2.05, 4.69) is 5.10 Å². The molecular weight excluding hydrogens is 427 g/mol. The Kier molecular flexibility index (Phi) is 4.96. The van der Waals surface area contributed by atoms with Crippen LogP contribution in [0.15, 0.2) is 47.4 Å². The van der Waals surface area contributed by atoms with Crippen LogP contribution in [0.4, 0.5) is 22.0 Å². The summed E-state index contributed by atoms with van der Waals surface area (Å²) in [5.74, 6) is -2.89. The first kappa shape index (κ1) is 20.3. The molecule has 0 saturated heterocycles. The Hall–Kier alpha value is -2.46. The fourth-order valence-electron chi connectivity index (χ4n) is 2.59. The van der Waals surface area contributed by atoms with Crippen molar-refractivity contribution in [2.24, 2.45) is 0 Å². The second-order valence-corrected chi connectivity index (χ2v) is 8.23. The highest BCUT2D eigenvalue weighted by Gasteiger charge is 2.35. The van der Waals surface area contributed by atoms with E-state index in [-0.39, 0.29) is 16.3 Å². The predicted octanol–water partition coefficient (Wildman–Crippen LogP) is 4.89. The highest BCUT2D eigenvalue weighted by atomic mass is 35.5. The summed E-state index contributed by atoms with van der Waals surface area (Å²) in [5, 5.41) is 3.62. The summed E-state index contributed by atoms with van der Waals surface area (Å²) < 4.78 is 91.6. The maximum Gasteiger partial charge on any atom is 0.435 e. The van der Waals surface area contributed by atoms with E-state index in [0.717, 1.165) is 0 Å². The minimum Gasteiger partial charge on any atom is -0.232 e. The average Bonchev–Trinajstić information content (AvgIpc) is 2.98. The number of rotatable bonds is 3. The lowest BCUT2D eigenvalue weighted by Gasteiger charge is -2.10. The van der Waals surface area contributed by atoms with Crippen LogP contribution in [0.25, 0.3) is 16.9 Å². The first-order valence-electron chi connectivity index (χ1n) is 7.50. The summed E-state index contributed by atoms with van der Waals surface area (Å²) in [6, 6.07) is 7.67. The lowest BCUT2D eigenvalue weighted by Crippen LogP contribution is -2.09. The van der Waals surface area contributed by atoms with Gasteiger partial charge in [-0.1, -0.05) is 23.7 Å². The van der Waals surface area contributed by atoms with Gasteiger partial charge >= 0.3 is 6.18 Å². The molecule has 0 amide bonds. The second-order valence-electron chi connectivity index (χ2n) is 5.85. The Morgan fingerprint density at radius 1 is 1.04 bits per heavy atom. The standard InChI is InChI=1S/C17H10ClF5N2O2S/c1-28(26,27)16-12(19)6-11(7-13(16)20)25-14(8-15(24-25)17(21,22)23)9-3-2-4-10(18)5-9/h2-8H,1H3. The molecule has 3 aromatic rings. The molecule has 3 rings (SSSR count). The van der Waals surface area contributed by atoms with Crippen LogP contribution in [0.2, 0.25) is 5.02 Å². The number of alkyl halides is 3. The number of halogens is 6. The maximum atomic E-state index is 14.2. The maximum absolute atomic E-state index is 14.2. The summed E-state index contributed by atoms with van der Waals surface area (Å²) in [6.07, 6.45) is -4.20. The van der Waals surface area contributed by atoms with Gasteiger partial charge < -0.3 is 0 Å². The van der Waals surface area contributed by atoms with Crippen molar-refractivity contribution in [1.29, 1.82) is 0 Å². The minimum absolute atomic E-state index is 0.138. The number of benzene rings is 2. The van der Waals surface area contributed by atoms with Crippen molar-refractivity contribution >= 4 is 21.4 Å². The van der Waals surface area contributed by atoms with Gasteiger partial charge in [-0.05, 0) is 18.2 Å². The molecule has 0 unspecified atom stereocenters. The van der Waals surface area contributed by atoms with Crippen molar-refractivity contribution in [3.8, 4) is 16.9 Å². The highest BCUT2D eigenvalue weighted by Crippen LogP contribution is 2.34. The molecule has 28 heavy (non-hydrogen) atoms. The van der Waals surface area contributed by atoms with E-state index in [1.54, 1.807) is 0 Å². The van der Waals surface area contributed by atoms with Crippen LogP contribution >= 0.6 is 11.6 Å². The lowest BCUT2D eigenvalue weighted by atomic mass is 10.1. The molecule has 0 saturated carbocycles. The molecule has 2 aromatic carbocycles. The molecule has 4 nitrogen and oxygen atoms in total. The van der Waals surface area contributed by atoms with Crippen molar-refractivity contribution in [2.45, 2.75) is 11.1 Å². The van der Waals surface area contributed by atoms with Crippen LogP contribution in [-0.2, 0) is 16.0 Å². The van der Waals surface area contributed by atoms with Crippen molar-refractivity contribution in [1.82, 2.24) is 9.78 Å². The van der Waals surface area contributed by atoms with Gasteiger partial charge in [0.2, 0.25) is 0 Å². The van der Waals surface area contributed by atoms with Gasteiger partial charge in [-0.15, -0.1) is 0 Å². The third-order valence-corrected chi connectivity index (χ3v) is 5.09. The van der Waals surface area contributed by atoms with E-state index in [4.69, 9.17) is 11.6 Å². The summed E-state index contributed by atoms with van der Waals surface area (Å²) in [6.45, 7) is 0. The van der Waals surface area contributed by atoms with Gasteiger partial charge in [-0.2, -0.15) is 18.3 Å². The molecule has 0 bridgehead atoms. The van der Waals surface area contributed by atoms with Crippen LogP contribution < -0.4 is 0 Å². The van der Waals surface area contributed by atoms with Crippen molar-refractivity contribution in [2.75, 3.05) is 6.26 Å². The molecule has 148 valence electrons. The fourth-order valence-corrected chi connectivity index (χ4v) is 3.61. The fraction of sp³-hybridized carbons (Fsp3) is 0.118. The topological polar surface area (TPSA) is 52.0 Å². The number of aromatic nitrogens is 2. The molecule has 1 heterocycles. The van der Waals surface area contributed by atoms with E-state index in [0.29, 0.717) is 29.1 Å². The summed E-state index contributed by atoms with van der Waals surface area (Å²) in [5.41, 5.74) is -1.65. The molecule has 0 aliphatic carbocycles. The molecule has 0 spiro atoms. The van der Waals surface area contributed by atoms with E-state index >= 15 is 0 Å². The van der Waals surface area contributed by atoms with Crippen LogP contribution in [0.3, 0.4) is 0 Å². The molecular formula is C17H10ClF5N2O2S.